The standard InChI is InChI=1S/C24H19ClN2O2/c25-19-7-3-16(4-8-19)23(28)26-20-9-5-15(6-10-20)17-1-2-18-14-27(21-11-12-21)24(29)22(18)13-17/h1-10,13,21H,11-12,14H2,(H,26,28). The van der Waals surface area contributed by atoms with Crippen molar-refractivity contribution in [3.05, 3.63) is 88.4 Å². The molecule has 5 heteroatoms. The van der Waals surface area contributed by atoms with Crippen molar-refractivity contribution in [2.45, 2.75) is 25.4 Å². The number of halogens is 1. The molecule has 1 aliphatic heterocycles. The minimum absolute atomic E-state index is 0.149. The molecule has 29 heavy (non-hydrogen) atoms. The fraction of sp³-hybridized carbons (Fsp3) is 0.167. The highest BCUT2D eigenvalue weighted by Gasteiger charge is 2.38. The topological polar surface area (TPSA) is 49.4 Å². The Hall–Kier alpha value is -3.11. The lowest BCUT2D eigenvalue weighted by Gasteiger charge is -2.13. The van der Waals surface area contributed by atoms with Crippen LogP contribution in [0.15, 0.2) is 66.7 Å². The zero-order chi connectivity index (χ0) is 20.0. The molecule has 2 amide bonds. The summed E-state index contributed by atoms with van der Waals surface area (Å²) in [6, 6.07) is 21.0. The van der Waals surface area contributed by atoms with E-state index >= 15 is 0 Å². The average molecular weight is 403 g/mol. The Morgan fingerprint density at radius 3 is 2.31 bits per heavy atom. The van der Waals surface area contributed by atoms with Gasteiger partial charge in [0, 0.05) is 34.4 Å². The number of nitrogens with one attached hydrogen (secondary N) is 1. The Morgan fingerprint density at radius 2 is 1.62 bits per heavy atom. The molecular formula is C24H19ClN2O2. The van der Waals surface area contributed by atoms with E-state index < -0.39 is 0 Å². The van der Waals surface area contributed by atoms with Crippen molar-refractivity contribution < 1.29 is 9.59 Å². The van der Waals surface area contributed by atoms with Crippen molar-refractivity contribution in [3.63, 3.8) is 0 Å². The van der Waals surface area contributed by atoms with Gasteiger partial charge < -0.3 is 10.2 Å². The molecule has 0 radical (unpaired) electrons. The van der Waals surface area contributed by atoms with Crippen LogP contribution in [0.1, 0.15) is 39.1 Å². The molecule has 1 saturated carbocycles. The molecule has 1 fully saturated rings. The second kappa shape index (κ2) is 7.05. The Kier molecular flexibility index (Phi) is 4.36. The average Bonchev–Trinajstić information content (AvgIpc) is 3.53. The molecule has 0 unspecified atom stereocenters. The molecule has 0 saturated heterocycles. The van der Waals surface area contributed by atoms with Crippen LogP contribution >= 0.6 is 11.6 Å². The van der Waals surface area contributed by atoms with Crippen molar-refractivity contribution in [2.75, 3.05) is 5.32 Å². The number of anilines is 1. The van der Waals surface area contributed by atoms with Gasteiger partial charge in [-0.15, -0.1) is 0 Å². The highest BCUT2D eigenvalue weighted by atomic mass is 35.5. The third-order valence-electron chi connectivity index (χ3n) is 5.51. The van der Waals surface area contributed by atoms with Gasteiger partial charge in [-0.25, -0.2) is 0 Å². The molecule has 3 aromatic carbocycles. The number of benzene rings is 3. The van der Waals surface area contributed by atoms with Gasteiger partial charge in [-0.1, -0.05) is 35.9 Å². The molecule has 1 heterocycles. The molecular weight excluding hydrogens is 384 g/mol. The van der Waals surface area contributed by atoms with E-state index in [1.54, 1.807) is 24.3 Å². The lowest BCUT2D eigenvalue weighted by Crippen LogP contribution is -2.25. The van der Waals surface area contributed by atoms with E-state index in [4.69, 9.17) is 11.6 Å². The monoisotopic (exact) mass is 402 g/mol. The van der Waals surface area contributed by atoms with Crippen molar-refractivity contribution in [2.24, 2.45) is 0 Å². The summed E-state index contributed by atoms with van der Waals surface area (Å²) in [6.45, 7) is 0.731. The van der Waals surface area contributed by atoms with E-state index in [2.05, 4.69) is 17.4 Å². The Balaban J connectivity index is 1.33. The van der Waals surface area contributed by atoms with Crippen LogP contribution in [0.2, 0.25) is 5.02 Å². The summed E-state index contributed by atoms with van der Waals surface area (Å²) in [5.41, 5.74) is 5.20. The SMILES string of the molecule is O=C(Nc1ccc(-c2ccc3c(c2)C(=O)N(C2CC2)C3)cc1)c1ccc(Cl)cc1. The van der Waals surface area contributed by atoms with Crippen LogP contribution in [0.5, 0.6) is 0 Å². The van der Waals surface area contributed by atoms with Gasteiger partial charge in [-0.3, -0.25) is 9.59 Å². The van der Waals surface area contributed by atoms with Crippen molar-refractivity contribution in [1.82, 2.24) is 4.90 Å². The summed E-state index contributed by atoms with van der Waals surface area (Å²) in [6.07, 6.45) is 2.24. The van der Waals surface area contributed by atoms with Gasteiger partial charge in [0.25, 0.3) is 11.8 Å². The number of amides is 2. The van der Waals surface area contributed by atoms with Gasteiger partial charge in [-0.2, -0.15) is 0 Å². The Bertz CT molecular complexity index is 1100. The number of fused-ring (bicyclic) bond motifs is 1. The molecule has 0 bridgehead atoms. The van der Waals surface area contributed by atoms with Crippen LogP contribution in [-0.2, 0) is 6.54 Å². The maximum atomic E-state index is 12.7. The predicted octanol–water partition coefficient (Wildman–Crippen LogP) is 5.38. The first kappa shape index (κ1) is 18.0. The van der Waals surface area contributed by atoms with Crippen LogP contribution in [-0.4, -0.2) is 22.8 Å². The van der Waals surface area contributed by atoms with Crippen molar-refractivity contribution in [3.8, 4) is 11.1 Å². The number of rotatable bonds is 4. The van der Waals surface area contributed by atoms with Crippen molar-refractivity contribution >= 4 is 29.1 Å². The molecule has 4 nitrogen and oxygen atoms in total. The predicted molar refractivity (Wildman–Crippen MR) is 114 cm³/mol. The molecule has 144 valence electrons. The highest BCUT2D eigenvalue weighted by molar-refractivity contribution is 6.30. The summed E-state index contributed by atoms with van der Waals surface area (Å²) in [5, 5.41) is 3.48. The zero-order valence-corrected chi connectivity index (χ0v) is 16.4. The van der Waals surface area contributed by atoms with E-state index in [0.717, 1.165) is 41.6 Å². The van der Waals surface area contributed by atoms with Crippen LogP contribution < -0.4 is 5.32 Å². The van der Waals surface area contributed by atoms with Crippen LogP contribution in [0.3, 0.4) is 0 Å². The minimum Gasteiger partial charge on any atom is -0.331 e. The molecule has 3 aromatic rings. The maximum absolute atomic E-state index is 12.7. The van der Waals surface area contributed by atoms with Crippen LogP contribution in [0.25, 0.3) is 11.1 Å². The molecule has 2 aliphatic rings. The third-order valence-corrected chi connectivity index (χ3v) is 5.76. The van der Waals surface area contributed by atoms with Crippen LogP contribution in [0, 0.1) is 0 Å². The van der Waals surface area contributed by atoms with Gasteiger partial charge >= 0.3 is 0 Å². The van der Waals surface area contributed by atoms with Gasteiger partial charge in [-0.05, 0) is 72.0 Å². The van der Waals surface area contributed by atoms with E-state index in [1.807, 2.05) is 35.2 Å². The smallest absolute Gasteiger partial charge is 0.255 e. The molecule has 0 spiro atoms. The first-order valence-electron chi connectivity index (χ1n) is 9.70. The Morgan fingerprint density at radius 1 is 0.931 bits per heavy atom. The van der Waals surface area contributed by atoms with E-state index in [-0.39, 0.29) is 11.8 Å². The lowest BCUT2D eigenvalue weighted by molar-refractivity contribution is 0.0766. The maximum Gasteiger partial charge on any atom is 0.255 e. The summed E-state index contributed by atoms with van der Waals surface area (Å²) in [4.78, 5) is 27.0. The van der Waals surface area contributed by atoms with E-state index in [1.165, 1.54) is 0 Å². The first-order valence-corrected chi connectivity index (χ1v) is 10.1. The quantitative estimate of drug-likeness (QED) is 0.637. The number of nitrogens with zero attached hydrogens (tertiary/aromatic N) is 1. The second-order valence-electron chi connectivity index (χ2n) is 7.57. The second-order valence-corrected chi connectivity index (χ2v) is 8.01. The number of carbonyl (C=O) groups is 2. The number of hydrogen-bond acceptors (Lipinski definition) is 2. The van der Waals surface area contributed by atoms with Crippen LogP contribution in [0.4, 0.5) is 5.69 Å². The molecule has 1 aliphatic carbocycles. The number of hydrogen-bond donors (Lipinski definition) is 1. The normalized spacial score (nSPS) is 15.3. The largest absolute Gasteiger partial charge is 0.331 e. The summed E-state index contributed by atoms with van der Waals surface area (Å²) in [7, 11) is 0. The van der Waals surface area contributed by atoms with Gasteiger partial charge in [0.05, 0.1) is 0 Å². The summed E-state index contributed by atoms with van der Waals surface area (Å²) in [5.74, 6) is -0.0334. The lowest BCUT2D eigenvalue weighted by atomic mass is 10.00. The highest BCUT2D eigenvalue weighted by Crippen LogP contribution is 2.36. The van der Waals surface area contributed by atoms with Gasteiger partial charge in [0.1, 0.15) is 0 Å². The molecule has 1 N–H and O–H groups in total. The zero-order valence-electron chi connectivity index (χ0n) is 15.7. The first-order chi connectivity index (χ1) is 14.1. The van der Waals surface area contributed by atoms with Gasteiger partial charge in [0.2, 0.25) is 0 Å². The number of carbonyl (C=O) groups excluding carboxylic acids is 2. The molecule has 0 aromatic heterocycles. The van der Waals surface area contributed by atoms with Crippen molar-refractivity contribution in [1.29, 1.82) is 0 Å². The fourth-order valence-electron chi connectivity index (χ4n) is 3.73. The summed E-state index contributed by atoms with van der Waals surface area (Å²) >= 11 is 5.87. The Labute approximate surface area is 174 Å². The van der Waals surface area contributed by atoms with E-state index in [0.29, 0.717) is 22.3 Å². The third kappa shape index (κ3) is 3.52. The van der Waals surface area contributed by atoms with Gasteiger partial charge in [0.15, 0.2) is 0 Å². The minimum atomic E-state index is -0.183. The van der Waals surface area contributed by atoms with E-state index in [9.17, 15) is 9.59 Å². The summed E-state index contributed by atoms with van der Waals surface area (Å²) < 4.78 is 0. The molecule has 5 rings (SSSR count). The molecule has 0 atom stereocenters. The fourth-order valence-corrected chi connectivity index (χ4v) is 3.86.